The van der Waals surface area contributed by atoms with Gasteiger partial charge in [0.2, 0.25) is 15.9 Å². The number of carbonyl (C=O) groups is 1. The van der Waals surface area contributed by atoms with Gasteiger partial charge in [-0.1, -0.05) is 41.7 Å². The zero-order valence-corrected chi connectivity index (χ0v) is 18.2. The van der Waals surface area contributed by atoms with Crippen molar-refractivity contribution in [1.82, 2.24) is 14.2 Å². The minimum absolute atomic E-state index is 0.0358. The van der Waals surface area contributed by atoms with Crippen LogP contribution in [-0.4, -0.2) is 36.3 Å². The second kappa shape index (κ2) is 8.33. The van der Waals surface area contributed by atoms with Crippen molar-refractivity contribution >= 4 is 37.5 Å². The van der Waals surface area contributed by atoms with Crippen LogP contribution in [0.25, 0.3) is 10.2 Å². The molecule has 7 nitrogen and oxygen atoms in total. The van der Waals surface area contributed by atoms with E-state index in [2.05, 4.69) is 5.32 Å². The lowest BCUT2D eigenvalue weighted by atomic mass is 9.97. The van der Waals surface area contributed by atoms with Crippen molar-refractivity contribution in [2.45, 2.75) is 24.3 Å². The standard InChI is InChI=1S/C21H23N3O4S2/c1-23-18-8-7-17(13-19(18)29-21(23)26)30(27,28)24-11-9-16(10-12-24)20(25)22-14-15-5-3-2-4-6-15/h2-8,13,16H,9-12,14H2,1H3,(H,22,25). The molecule has 2 heterocycles. The van der Waals surface area contributed by atoms with E-state index in [1.165, 1.54) is 8.87 Å². The third-order valence-corrected chi connectivity index (χ3v) is 8.43. The Kier molecular flexibility index (Phi) is 5.77. The summed E-state index contributed by atoms with van der Waals surface area (Å²) in [5.41, 5.74) is 1.75. The molecule has 0 aliphatic carbocycles. The minimum atomic E-state index is -3.66. The molecule has 0 atom stereocenters. The molecule has 0 spiro atoms. The number of aromatic nitrogens is 1. The highest BCUT2D eigenvalue weighted by Crippen LogP contribution is 2.27. The largest absolute Gasteiger partial charge is 0.352 e. The van der Waals surface area contributed by atoms with Crippen LogP contribution in [0.5, 0.6) is 0 Å². The average molecular weight is 446 g/mol. The summed E-state index contributed by atoms with van der Waals surface area (Å²) < 4.78 is 29.7. The van der Waals surface area contributed by atoms with Gasteiger partial charge < -0.3 is 9.88 Å². The molecule has 30 heavy (non-hydrogen) atoms. The number of rotatable bonds is 5. The Morgan fingerprint density at radius 3 is 2.53 bits per heavy atom. The van der Waals surface area contributed by atoms with Crippen molar-refractivity contribution in [1.29, 1.82) is 0 Å². The van der Waals surface area contributed by atoms with Crippen LogP contribution in [0, 0.1) is 5.92 Å². The quantitative estimate of drug-likeness (QED) is 0.653. The van der Waals surface area contributed by atoms with Gasteiger partial charge in [-0.25, -0.2) is 8.42 Å². The van der Waals surface area contributed by atoms with Crippen molar-refractivity contribution in [3.63, 3.8) is 0 Å². The van der Waals surface area contributed by atoms with E-state index in [-0.39, 0.29) is 21.6 Å². The number of hydrogen-bond acceptors (Lipinski definition) is 5. The van der Waals surface area contributed by atoms with E-state index in [9.17, 15) is 18.0 Å². The fourth-order valence-corrected chi connectivity index (χ4v) is 6.20. The molecule has 9 heteroatoms. The van der Waals surface area contributed by atoms with Crippen LogP contribution in [0.3, 0.4) is 0 Å². The molecule has 0 bridgehead atoms. The molecule has 1 aliphatic rings. The first-order valence-corrected chi connectivity index (χ1v) is 12.0. The van der Waals surface area contributed by atoms with Gasteiger partial charge in [-0.15, -0.1) is 0 Å². The summed E-state index contributed by atoms with van der Waals surface area (Å²) in [4.78, 5) is 24.4. The SMILES string of the molecule is Cn1c(=O)sc2cc(S(=O)(=O)N3CCC(C(=O)NCc4ccccc4)CC3)ccc21. The van der Waals surface area contributed by atoms with Gasteiger partial charge in [0.15, 0.2) is 0 Å². The number of sulfonamides is 1. The van der Waals surface area contributed by atoms with Crippen LogP contribution in [0.15, 0.2) is 58.2 Å². The number of aryl methyl sites for hydroxylation is 1. The van der Waals surface area contributed by atoms with Crippen molar-refractivity contribution in [3.05, 3.63) is 63.8 Å². The molecule has 1 N–H and O–H groups in total. The summed E-state index contributed by atoms with van der Waals surface area (Å²) in [6, 6.07) is 14.5. The summed E-state index contributed by atoms with van der Waals surface area (Å²) >= 11 is 1.04. The molecule has 0 radical (unpaired) electrons. The maximum Gasteiger partial charge on any atom is 0.307 e. The minimum Gasteiger partial charge on any atom is -0.352 e. The molecule has 3 aromatic rings. The molecular formula is C21H23N3O4S2. The molecule has 1 amide bonds. The first-order valence-electron chi connectivity index (χ1n) is 9.77. The highest BCUT2D eigenvalue weighted by atomic mass is 32.2. The first-order chi connectivity index (χ1) is 14.4. The van der Waals surface area contributed by atoms with Crippen molar-refractivity contribution < 1.29 is 13.2 Å². The van der Waals surface area contributed by atoms with Gasteiger partial charge in [0.1, 0.15) is 0 Å². The average Bonchev–Trinajstić information content (AvgIpc) is 3.06. The van der Waals surface area contributed by atoms with Crippen LogP contribution in [0.1, 0.15) is 18.4 Å². The summed E-state index contributed by atoms with van der Waals surface area (Å²) in [7, 11) is -1.99. The zero-order valence-electron chi connectivity index (χ0n) is 16.6. The molecule has 1 aromatic heterocycles. The van der Waals surface area contributed by atoms with Gasteiger partial charge in [-0.05, 0) is 36.6 Å². The second-order valence-electron chi connectivity index (χ2n) is 7.44. The molecular weight excluding hydrogens is 422 g/mol. The van der Waals surface area contributed by atoms with Gasteiger partial charge >= 0.3 is 4.87 Å². The predicted octanol–water partition coefficient (Wildman–Crippen LogP) is 2.32. The monoisotopic (exact) mass is 445 g/mol. The number of benzene rings is 2. The molecule has 2 aromatic carbocycles. The number of fused-ring (bicyclic) bond motifs is 1. The van der Waals surface area contributed by atoms with E-state index in [0.29, 0.717) is 37.2 Å². The Bertz CT molecular complexity index is 1220. The molecule has 0 unspecified atom stereocenters. The lowest BCUT2D eigenvalue weighted by Gasteiger charge is -2.30. The second-order valence-corrected chi connectivity index (χ2v) is 10.4. The van der Waals surface area contributed by atoms with Crippen molar-refractivity contribution in [3.8, 4) is 0 Å². The molecule has 4 rings (SSSR count). The Hall–Kier alpha value is -2.49. The number of amides is 1. The number of hydrogen-bond donors (Lipinski definition) is 1. The predicted molar refractivity (Wildman–Crippen MR) is 117 cm³/mol. The lowest BCUT2D eigenvalue weighted by molar-refractivity contribution is -0.126. The van der Waals surface area contributed by atoms with Gasteiger partial charge in [0, 0.05) is 32.6 Å². The molecule has 0 saturated carbocycles. The third kappa shape index (κ3) is 4.05. The molecule has 1 aliphatic heterocycles. The smallest absolute Gasteiger partial charge is 0.307 e. The summed E-state index contributed by atoms with van der Waals surface area (Å²) in [6.07, 6.45) is 0.974. The third-order valence-electron chi connectivity index (χ3n) is 5.54. The van der Waals surface area contributed by atoms with Gasteiger partial charge in [-0.3, -0.25) is 9.59 Å². The zero-order chi connectivity index (χ0) is 21.3. The summed E-state index contributed by atoms with van der Waals surface area (Å²) in [6.45, 7) is 1.07. The van der Waals surface area contributed by atoms with Crippen molar-refractivity contribution in [2.24, 2.45) is 13.0 Å². The Balaban J connectivity index is 1.40. The maximum absolute atomic E-state index is 13.1. The van der Waals surface area contributed by atoms with Gasteiger partial charge in [0.25, 0.3) is 0 Å². The highest BCUT2D eigenvalue weighted by Gasteiger charge is 2.32. The molecule has 158 valence electrons. The van der Waals surface area contributed by atoms with Crippen LogP contribution in [0.4, 0.5) is 0 Å². The Morgan fingerprint density at radius 2 is 1.83 bits per heavy atom. The van der Waals surface area contributed by atoms with Crippen molar-refractivity contribution in [2.75, 3.05) is 13.1 Å². The van der Waals surface area contributed by atoms with Gasteiger partial charge in [0.05, 0.1) is 15.1 Å². The molecule has 1 fully saturated rings. The fraction of sp³-hybridized carbons (Fsp3) is 0.333. The van der Waals surface area contributed by atoms with E-state index < -0.39 is 10.0 Å². The van der Waals surface area contributed by atoms with Crippen LogP contribution in [0.2, 0.25) is 0 Å². The number of piperidine rings is 1. The summed E-state index contributed by atoms with van der Waals surface area (Å²) in [5, 5.41) is 2.94. The van der Waals surface area contributed by atoms with E-state index in [1.807, 2.05) is 30.3 Å². The van der Waals surface area contributed by atoms with Crippen LogP contribution < -0.4 is 10.2 Å². The van der Waals surface area contributed by atoms with E-state index in [1.54, 1.807) is 25.2 Å². The van der Waals surface area contributed by atoms with Crippen LogP contribution >= 0.6 is 11.3 Å². The lowest BCUT2D eigenvalue weighted by Crippen LogP contribution is -2.42. The Morgan fingerprint density at radius 1 is 1.13 bits per heavy atom. The Labute approximate surface area is 179 Å². The molecule has 1 saturated heterocycles. The number of nitrogens with zero attached hydrogens (tertiary/aromatic N) is 2. The van der Waals surface area contributed by atoms with E-state index in [0.717, 1.165) is 22.4 Å². The first kappa shape index (κ1) is 20.8. The number of nitrogens with one attached hydrogen (secondary N) is 1. The number of carbonyl (C=O) groups excluding carboxylic acids is 1. The highest BCUT2D eigenvalue weighted by molar-refractivity contribution is 7.89. The topological polar surface area (TPSA) is 88.5 Å². The number of thiazole rings is 1. The van der Waals surface area contributed by atoms with E-state index >= 15 is 0 Å². The summed E-state index contributed by atoms with van der Waals surface area (Å²) in [5.74, 6) is -0.228. The maximum atomic E-state index is 13.1. The van der Waals surface area contributed by atoms with Gasteiger partial charge in [-0.2, -0.15) is 4.31 Å². The van der Waals surface area contributed by atoms with E-state index in [4.69, 9.17) is 0 Å². The van der Waals surface area contributed by atoms with Crippen LogP contribution in [-0.2, 0) is 28.4 Å². The fourth-order valence-electron chi connectivity index (χ4n) is 3.71. The normalized spacial score (nSPS) is 16.0.